The average molecular weight is 247 g/mol. The van der Waals surface area contributed by atoms with E-state index in [1.54, 1.807) is 6.07 Å². The van der Waals surface area contributed by atoms with Gasteiger partial charge in [0.05, 0.1) is 6.67 Å². The van der Waals surface area contributed by atoms with E-state index in [-0.39, 0.29) is 18.4 Å². The molecule has 1 aromatic rings. The SMILES string of the molecule is Cc1cccc(NC(=O)N2C=C(C(=O)O)NC2)c1. The van der Waals surface area contributed by atoms with Crippen LogP contribution in [0.1, 0.15) is 5.56 Å². The van der Waals surface area contributed by atoms with Gasteiger partial charge in [-0.2, -0.15) is 0 Å². The predicted octanol–water partition coefficient (Wildman–Crippen LogP) is 1.32. The van der Waals surface area contributed by atoms with Crippen LogP contribution in [-0.4, -0.2) is 28.7 Å². The first-order chi connectivity index (χ1) is 8.56. The second kappa shape index (κ2) is 4.79. The van der Waals surface area contributed by atoms with Crippen molar-refractivity contribution in [2.75, 3.05) is 12.0 Å². The lowest BCUT2D eigenvalue weighted by Crippen LogP contribution is -2.32. The van der Waals surface area contributed by atoms with Crippen LogP contribution in [-0.2, 0) is 4.79 Å². The summed E-state index contributed by atoms with van der Waals surface area (Å²) >= 11 is 0. The minimum atomic E-state index is -1.08. The molecule has 0 saturated heterocycles. The first kappa shape index (κ1) is 12.0. The van der Waals surface area contributed by atoms with Gasteiger partial charge in [-0.15, -0.1) is 0 Å². The minimum absolute atomic E-state index is 0.00870. The molecule has 18 heavy (non-hydrogen) atoms. The molecular weight excluding hydrogens is 234 g/mol. The van der Waals surface area contributed by atoms with Crippen molar-refractivity contribution < 1.29 is 14.7 Å². The Balaban J connectivity index is 2.03. The molecule has 1 aliphatic rings. The Morgan fingerprint density at radius 2 is 2.22 bits per heavy atom. The third-order valence-corrected chi connectivity index (χ3v) is 2.49. The summed E-state index contributed by atoms with van der Waals surface area (Å²) in [6, 6.07) is 7.00. The molecule has 0 saturated carbocycles. The van der Waals surface area contributed by atoms with Crippen LogP contribution in [0.25, 0.3) is 0 Å². The first-order valence-corrected chi connectivity index (χ1v) is 5.39. The van der Waals surface area contributed by atoms with Crippen molar-refractivity contribution in [2.45, 2.75) is 6.92 Å². The van der Waals surface area contributed by atoms with Crippen molar-refractivity contribution in [1.82, 2.24) is 10.2 Å². The first-order valence-electron chi connectivity index (χ1n) is 5.39. The Morgan fingerprint density at radius 1 is 1.44 bits per heavy atom. The maximum absolute atomic E-state index is 11.8. The fourth-order valence-corrected chi connectivity index (χ4v) is 1.60. The summed E-state index contributed by atoms with van der Waals surface area (Å²) in [6.07, 6.45) is 1.27. The Morgan fingerprint density at radius 3 is 2.83 bits per heavy atom. The number of carboxylic acids is 1. The standard InChI is InChI=1S/C12H13N3O3/c1-8-3-2-4-9(5-8)14-12(18)15-6-10(11(16)17)13-7-15/h2-6,13H,7H2,1H3,(H,14,18)(H,16,17). The molecule has 1 heterocycles. The number of urea groups is 1. The molecule has 0 aliphatic carbocycles. The zero-order chi connectivity index (χ0) is 13.1. The summed E-state index contributed by atoms with van der Waals surface area (Å²) in [4.78, 5) is 23.8. The maximum atomic E-state index is 11.8. The van der Waals surface area contributed by atoms with E-state index in [4.69, 9.17) is 5.11 Å². The number of amides is 2. The number of nitrogens with zero attached hydrogens (tertiary/aromatic N) is 1. The van der Waals surface area contributed by atoms with Crippen LogP contribution >= 0.6 is 0 Å². The van der Waals surface area contributed by atoms with E-state index in [0.717, 1.165) is 5.56 Å². The zero-order valence-electron chi connectivity index (χ0n) is 9.80. The average Bonchev–Trinajstić information content (AvgIpc) is 2.78. The highest BCUT2D eigenvalue weighted by molar-refractivity contribution is 5.93. The highest BCUT2D eigenvalue weighted by Gasteiger charge is 2.21. The molecule has 0 aromatic heterocycles. The van der Waals surface area contributed by atoms with Crippen molar-refractivity contribution in [3.63, 3.8) is 0 Å². The molecule has 0 fully saturated rings. The van der Waals surface area contributed by atoms with E-state index < -0.39 is 5.97 Å². The van der Waals surface area contributed by atoms with Crippen molar-refractivity contribution in [3.8, 4) is 0 Å². The number of carboxylic acid groups (broad SMARTS) is 1. The van der Waals surface area contributed by atoms with Crippen LogP contribution in [0.2, 0.25) is 0 Å². The second-order valence-corrected chi connectivity index (χ2v) is 3.95. The number of aryl methyl sites for hydroxylation is 1. The van der Waals surface area contributed by atoms with Gasteiger partial charge in [-0.3, -0.25) is 4.90 Å². The number of hydrogen-bond acceptors (Lipinski definition) is 3. The fraction of sp³-hybridized carbons (Fsp3) is 0.167. The molecule has 1 aromatic carbocycles. The molecule has 3 N–H and O–H groups in total. The van der Waals surface area contributed by atoms with Crippen molar-refractivity contribution in [3.05, 3.63) is 41.7 Å². The zero-order valence-corrected chi connectivity index (χ0v) is 9.80. The van der Waals surface area contributed by atoms with Gasteiger partial charge in [-0.1, -0.05) is 12.1 Å². The largest absolute Gasteiger partial charge is 0.477 e. The van der Waals surface area contributed by atoms with Crippen molar-refractivity contribution in [2.24, 2.45) is 0 Å². The number of rotatable bonds is 2. The third kappa shape index (κ3) is 2.60. The van der Waals surface area contributed by atoms with E-state index >= 15 is 0 Å². The van der Waals surface area contributed by atoms with Crippen LogP contribution in [0.5, 0.6) is 0 Å². The Kier molecular flexibility index (Phi) is 3.18. The normalized spacial score (nSPS) is 13.8. The molecular formula is C12H13N3O3. The van der Waals surface area contributed by atoms with Crippen LogP contribution in [0, 0.1) is 6.92 Å². The topological polar surface area (TPSA) is 81.7 Å². The molecule has 2 rings (SSSR count). The summed E-state index contributed by atoms with van der Waals surface area (Å²) < 4.78 is 0. The summed E-state index contributed by atoms with van der Waals surface area (Å²) in [5.41, 5.74) is 1.72. The monoisotopic (exact) mass is 247 g/mol. The Labute approximate surface area is 104 Å². The van der Waals surface area contributed by atoms with E-state index in [0.29, 0.717) is 5.69 Å². The van der Waals surface area contributed by atoms with Gasteiger partial charge in [0, 0.05) is 11.9 Å². The molecule has 6 nitrogen and oxygen atoms in total. The van der Waals surface area contributed by atoms with E-state index in [1.807, 2.05) is 25.1 Å². The number of anilines is 1. The van der Waals surface area contributed by atoms with Gasteiger partial charge < -0.3 is 15.7 Å². The molecule has 6 heteroatoms. The maximum Gasteiger partial charge on any atom is 0.353 e. The predicted molar refractivity (Wildman–Crippen MR) is 65.8 cm³/mol. The third-order valence-electron chi connectivity index (χ3n) is 2.49. The Hall–Kier alpha value is -2.50. The number of carbonyl (C=O) groups is 2. The van der Waals surface area contributed by atoms with Gasteiger partial charge in [0.2, 0.25) is 0 Å². The molecule has 0 spiro atoms. The number of carbonyl (C=O) groups excluding carboxylic acids is 1. The van der Waals surface area contributed by atoms with Gasteiger partial charge >= 0.3 is 12.0 Å². The summed E-state index contributed by atoms with van der Waals surface area (Å²) in [6.45, 7) is 2.08. The molecule has 1 aliphatic heterocycles. The number of nitrogens with one attached hydrogen (secondary N) is 2. The highest BCUT2D eigenvalue weighted by Crippen LogP contribution is 2.12. The molecule has 0 atom stereocenters. The van der Waals surface area contributed by atoms with Gasteiger partial charge in [0.15, 0.2) is 0 Å². The number of benzene rings is 1. The summed E-state index contributed by atoms with van der Waals surface area (Å²) in [5, 5.41) is 14.1. The quantitative estimate of drug-likeness (QED) is 0.736. The summed E-state index contributed by atoms with van der Waals surface area (Å²) in [7, 11) is 0. The van der Waals surface area contributed by atoms with E-state index in [2.05, 4.69) is 10.6 Å². The fourth-order valence-electron chi connectivity index (χ4n) is 1.60. The lowest BCUT2D eigenvalue weighted by molar-refractivity contribution is -0.132. The van der Waals surface area contributed by atoms with Crippen LogP contribution in [0.4, 0.5) is 10.5 Å². The number of hydrogen-bond donors (Lipinski definition) is 3. The smallest absolute Gasteiger partial charge is 0.353 e. The lowest BCUT2D eigenvalue weighted by atomic mass is 10.2. The van der Waals surface area contributed by atoms with Gasteiger partial charge in [0.1, 0.15) is 5.70 Å². The lowest BCUT2D eigenvalue weighted by Gasteiger charge is -2.13. The highest BCUT2D eigenvalue weighted by atomic mass is 16.4. The second-order valence-electron chi connectivity index (χ2n) is 3.95. The van der Waals surface area contributed by atoms with Crippen molar-refractivity contribution >= 4 is 17.7 Å². The summed E-state index contributed by atoms with van der Waals surface area (Å²) in [5.74, 6) is -1.08. The Bertz CT molecular complexity index is 525. The molecule has 0 unspecified atom stereocenters. The van der Waals surface area contributed by atoms with Crippen molar-refractivity contribution in [1.29, 1.82) is 0 Å². The molecule has 0 bridgehead atoms. The van der Waals surface area contributed by atoms with Crippen LogP contribution in [0.15, 0.2) is 36.2 Å². The molecule has 94 valence electrons. The van der Waals surface area contributed by atoms with Gasteiger partial charge in [0.25, 0.3) is 0 Å². The minimum Gasteiger partial charge on any atom is -0.477 e. The van der Waals surface area contributed by atoms with Crippen LogP contribution < -0.4 is 10.6 Å². The number of aliphatic carboxylic acids is 1. The molecule has 0 radical (unpaired) electrons. The van der Waals surface area contributed by atoms with Crippen LogP contribution in [0.3, 0.4) is 0 Å². The molecule has 2 amide bonds. The van der Waals surface area contributed by atoms with E-state index in [9.17, 15) is 9.59 Å². The van der Waals surface area contributed by atoms with Gasteiger partial charge in [-0.25, -0.2) is 9.59 Å². The van der Waals surface area contributed by atoms with E-state index in [1.165, 1.54) is 11.1 Å². The van der Waals surface area contributed by atoms with Gasteiger partial charge in [-0.05, 0) is 24.6 Å².